The van der Waals surface area contributed by atoms with Crippen LogP contribution in [0.15, 0.2) is 41.6 Å². The largest absolute Gasteiger partial charge is 0.447 e. The van der Waals surface area contributed by atoms with E-state index in [9.17, 15) is 4.79 Å². The number of hydrogen-bond donors (Lipinski definition) is 0. The molecule has 166 valence electrons. The number of anilines is 1. The normalized spacial score (nSPS) is 14.9. The number of hydrogen-bond acceptors (Lipinski definition) is 6. The van der Waals surface area contributed by atoms with Gasteiger partial charge < -0.3 is 4.74 Å². The third kappa shape index (κ3) is 4.32. The molecule has 6 nitrogen and oxygen atoms in total. The van der Waals surface area contributed by atoms with Crippen LogP contribution in [0.5, 0.6) is 5.88 Å². The highest BCUT2D eigenvalue weighted by Crippen LogP contribution is 2.46. The summed E-state index contributed by atoms with van der Waals surface area (Å²) in [6.07, 6.45) is 1.37. The lowest BCUT2D eigenvalue weighted by Crippen LogP contribution is -2.36. The van der Waals surface area contributed by atoms with Crippen molar-refractivity contribution in [2.45, 2.75) is 51.9 Å². The predicted molar refractivity (Wildman–Crippen MR) is 128 cm³/mol. The Morgan fingerprint density at radius 1 is 1.22 bits per heavy atom. The van der Waals surface area contributed by atoms with Crippen molar-refractivity contribution in [2.24, 2.45) is 0 Å². The second kappa shape index (κ2) is 9.46. The molecule has 0 N–H and O–H groups in total. The summed E-state index contributed by atoms with van der Waals surface area (Å²) in [5.74, 6) is 1.08. The number of carbonyl (C=O) groups excluding carboxylic acids is 1. The van der Waals surface area contributed by atoms with E-state index in [0.29, 0.717) is 27.3 Å². The van der Waals surface area contributed by atoms with Crippen LogP contribution >= 0.6 is 23.4 Å². The molecule has 1 atom stereocenters. The quantitative estimate of drug-likeness (QED) is 0.330. The zero-order valence-electron chi connectivity index (χ0n) is 18.6. The van der Waals surface area contributed by atoms with Crippen LogP contribution in [0.25, 0.3) is 11.3 Å². The maximum atomic E-state index is 13.0. The Bertz CT molecular complexity index is 1170. The van der Waals surface area contributed by atoms with E-state index in [-0.39, 0.29) is 5.91 Å². The zero-order chi connectivity index (χ0) is 22.8. The number of nitrogens with zero attached hydrogens (tertiary/aromatic N) is 4. The number of amides is 1. The summed E-state index contributed by atoms with van der Waals surface area (Å²) >= 11 is 8.09. The summed E-state index contributed by atoms with van der Waals surface area (Å²) in [7, 11) is 0. The van der Waals surface area contributed by atoms with Crippen LogP contribution in [-0.2, 0) is 4.79 Å². The van der Waals surface area contributed by atoms with Crippen LogP contribution in [0.2, 0.25) is 5.02 Å². The molecule has 0 saturated carbocycles. The van der Waals surface area contributed by atoms with E-state index in [2.05, 4.69) is 22.1 Å². The van der Waals surface area contributed by atoms with Crippen molar-refractivity contribution in [2.75, 3.05) is 10.7 Å². The average molecular weight is 469 g/mol. The third-order valence-corrected chi connectivity index (χ3v) is 6.54. The minimum Gasteiger partial charge on any atom is -0.447 e. The number of aromatic nitrogens is 3. The molecule has 32 heavy (non-hydrogen) atoms. The van der Waals surface area contributed by atoms with Crippen LogP contribution in [0.1, 0.15) is 49.6 Å². The molecule has 0 unspecified atom stereocenters. The van der Waals surface area contributed by atoms with Gasteiger partial charge in [0.1, 0.15) is 0 Å². The molecule has 1 aliphatic rings. The van der Waals surface area contributed by atoms with Crippen molar-refractivity contribution in [3.05, 3.63) is 58.1 Å². The first-order chi connectivity index (χ1) is 15.4. The highest BCUT2D eigenvalue weighted by Gasteiger charge is 2.36. The number of carbonyl (C=O) groups is 1. The topological polar surface area (TPSA) is 68.2 Å². The Balaban J connectivity index is 1.94. The molecule has 4 rings (SSSR count). The standard InChI is InChI=1S/C24H25ClN4O2S/c1-5-6-11-32-24-26-22-20(27-28-24)18-13-14(2)12-15(3)21(18)29(16(4)30)23(31-22)17-9-7-8-10-19(17)25/h7-10,12-13,23H,5-6,11H2,1-4H3/t23-/m0/s1. The fourth-order valence-electron chi connectivity index (χ4n) is 3.85. The van der Waals surface area contributed by atoms with Crippen molar-refractivity contribution >= 4 is 35.0 Å². The lowest BCUT2D eigenvalue weighted by Gasteiger charge is -2.31. The average Bonchev–Trinajstić information content (AvgIpc) is 2.89. The summed E-state index contributed by atoms with van der Waals surface area (Å²) in [6, 6.07) is 11.4. The number of rotatable bonds is 5. The van der Waals surface area contributed by atoms with E-state index in [4.69, 9.17) is 16.3 Å². The van der Waals surface area contributed by atoms with Crippen molar-refractivity contribution in [3.8, 4) is 17.1 Å². The van der Waals surface area contributed by atoms with Gasteiger partial charge in [0.2, 0.25) is 23.2 Å². The number of thioether (sulfide) groups is 1. The molecular weight excluding hydrogens is 444 g/mol. The van der Waals surface area contributed by atoms with E-state index >= 15 is 0 Å². The van der Waals surface area contributed by atoms with Crippen molar-refractivity contribution in [3.63, 3.8) is 0 Å². The van der Waals surface area contributed by atoms with Crippen LogP contribution < -0.4 is 9.64 Å². The molecule has 0 bridgehead atoms. The van der Waals surface area contributed by atoms with Gasteiger partial charge >= 0.3 is 0 Å². The number of fused-ring (bicyclic) bond motifs is 3. The van der Waals surface area contributed by atoms with Gasteiger partial charge in [-0.1, -0.05) is 66.5 Å². The predicted octanol–water partition coefficient (Wildman–Crippen LogP) is 6.15. The van der Waals surface area contributed by atoms with Crippen molar-refractivity contribution in [1.82, 2.24) is 15.2 Å². The third-order valence-electron chi connectivity index (χ3n) is 5.27. The fourth-order valence-corrected chi connectivity index (χ4v) is 4.95. The Kier molecular flexibility index (Phi) is 6.67. The molecule has 8 heteroatoms. The zero-order valence-corrected chi connectivity index (χ0v) is 20.1. The molecule has 0 radical (unpaired) electrons. The number of aryl methyl sites for hydroxylation is 2. The number of halogens is 1. The molecular formula is C24H25ClN4O2S. The van der Waals surface area contributed by atoms with Gasteiger partial charge in [0.25, 0.3) is 0 Å². The van der Waals surface area contributed by atoms with E-state index in [1.165, 1.54) is 6.92 Å². The van der Waals surface area contributed by atoms with Crippen molar-refractivity contribution < 1.29 is 9.53 Å². The smallest absolute Gasteiger partial charge is 0.247 e. The van der Waals surface area contributed by atoms with Gasteiger partial charge in [0.15, 0.2) is 5.69 Å². The van der Waals surface area contributed by atoms with E-state index in [1.54, 1.807) is 22.7 Å². The monoisotopic (exact) mass is 468 g/mol. The molecule has 3 aromatic rings. The SMILES string of the molecule is CCCCSc1nnc2c(n1)O[C@@H](c1ccccc1Cl)N(C(C)=O)c1c(C)cc(C)cc1-2. The van der Waals surface area contributed by atoms with E-state index < -0.39 is 6.23 Å². The number of ether oxygens (including phenoxy) is 1. The van der Waals surface area contributed by atoms with Crippen LogP contribution in [0, 0.1) is 13.8 Å². The first kappa shape index (κ1) is 22.6. The summed E-state index contributed by atoms with van der Waals surface area (Å²) < 4.78 is 6.42. The second-order valence-corrected chi connectivity index (χ2v) is 9.28. The Morgan fingerprint density at radius 2 is 2.00 bits per heavy atom. The molecule has 0 fully saturated rings. The fraction of sp³-hybridized carbons (Fsp3) is 0.333. The maximum absolute atomic E-state index is 13.0. The molecule has 0 spiro atoms. The molecule has 0 saturated heterocycles. The summed E-state index contributed by atoms with van der Waals surface area (Å²) in [6.45, 7) is 7.66. The van der Waals surface area contributed by atoms with E-state index in [1.807, 2.05) is 44.2 Å². The molecule has 0 aliphatic carbocycles. The lowest BCUT2D eigenvalue weighted by atomic mass is 10.00. The van der Waals surface area contributed by atoms with Gasteiger partial charge in [0, 0.05) is 28.8 Å². The second-order valence-electron chi connectivity index (χ2n) is 7.81. The highest BCUT2D eigenvalue weighted by molar-refractivity contribution is 7.99. The molecule has 1 aromatic heterocycles. The van der Waals surface area contributed by atoms with Crippen LogP contribution in [0.4, 0.5) is 5.69 Å². The first-order valence-corrected chi connectivity index (χ1v) is 12.0. The maximum Gasteiger partial charge on any atom is 0.247 e. The van der Waals surface area contributed by atoms with Gasteiger partial charge in [-0.3, -0.25) is 9.69 Å². The number of unbranched alkanes of at least 4 members (excludes halogenated alkanes) is 1. The lowest BCUT2D eigenvalue weighted by molar-refractivity contribution is -0.118. The Hall–Kier alpha value is -2.64. The molecule has 2 aromatic carbocycles. The van der Waals surface area contributed by atoms with Gasteiger partial charge in [-0.15, -0.1) is 10.2 Å². The first-order valence-electron chi connectivity index (χ1n) is 10.6. The molecule has 1 aliphatic heterocycles. The van der Waals surface area contributed by atoms with Gasteiger partial charge in [0.05, 0.1) is 5.69 Å². The van der Waals surface area contributed by atoms with Crippen LogP contribution in [-0.4, -0.2) is 26.8 Å². The summed E-state index contributed by atoms with van der Waals surface area (Å²) in [5.41, 5.74) is 4.69. The minimum absolute atomic E-state index is 0.165. The summed E-state index contributed by atoms with van der Waals surface area (Å²) in [5, 5.41) is 9.90. The van der Waals surface area contributed by atoms with Gasteiger partial charge in [-0.05, 0) is 38.0 Å². The Labute approximate surface area is 197 Å². The Morgan fingerprint density at radius 3 is 2.72 bits per heavy atom. The van der Waals surface area contributed by atoms with E-state index in [0.717, 1.165) is 41.0 Å². The van der Waals surface area contributed by atoms with Gasteiger partial charge in [-0.25, -0.2) is 0 Å². The van der Waals surface area contributed by atoms with Crippen LogP contribution in [0.3, 0.4) is 0 Å². The molecule has 1 amide bonds. The number of benzene rings is 2. The highest BCUT2D eigenvalue weighted by atomic mass is 35.5. The van der Waals surface area contributed by atoms with Crippen molar-refractivity contribution in [1.29, 1.82) is 0 Å². The minimum atomic E-state index is -0.784. The van der Waals surface area contributed by atoms with Gasteiger partial charge in [-0.2, -0.15) is 4.98 Å². The molecule has 2 heterocycles. The summed E-state index contributed by atoms with van der Waals surface area (Å²) in [4.78, 5) is 19.3.